The first-order valence-electron chi connectivity index (χ1n) is 7.35. The van der Waals surface area contributed by atoms with Crippen molar-refractivity contribution in [2.75, 3.05) is 0 Å². The quantitative estimate of drug-likeness (QED) is 0.578. The Morgan fingerprint density at radius 3 is 1.38 bits per heavy atom. The predicted octanol–water partition coefficient (Wildman–Crippen LogP) is 3.06. The van der Waals surface area contributed by atoms with Gasteiger partial charge in [-0.3, -0.25) is 9.97 Å². The Morgan fingerprint density at radius 1 is 0.417 bits per heavy atom. The molecule has 0 bridgehead atoms. The second-order valence-corrected chi connectivity index (χ2v) is 5.06. The fourth-order valence-electron chi connectivity index (χ4n) is 2.26. The lowest BCUT2D eigenvalue weighted by molar-refractivity contribution is 1.12. The van der Waals surface area contributed by atoms with Gasteiger partial charge in [0, 0.05) is 60.7 Å². The summed E-state index contributed by atoms with van der Waals surface area (Å²) in [5.41, 5.74) is 3.66. The molecule has 0 aliphatic heterocycles. The fourth-order valence-corrected chi connectivity index (χ4v) is 2.26. The fraction of sp³-hybridized carbons (Fsp3) is 0. The lowest BCUT2D eigenvalue weighted by Crippen LogP contribution is -1.94. The number of hydrogen-bond acceptors (Lipinski definition) is 6. The lowest BCUT2D eigenvalue weighted by atomic mass is 10.1. The molecule has 0 spiro atoms. The van der Waals surface area contributed by atoms with E-state index in [1.165, 1.54) is 0 Å². The van der Waals surface area contributed by atoms with Crippen LogP contribution in [0.5, 0.6) is 0 Å². The molecule has 4 rings (SSSR count). The summed E-state index contributed by atoms with van der Waals surface area (Å²) >= 11 is 0. The SMILES string of the molecule is c1cc(-c2cnc(-c3cnc(-c4ccncc4)nc3)nc2)ccn1. The minimum Gasteiger partial charge on any atom is -0.265 e. The number of rotatable bonds is 3. The Balaban J connectivity index is 1.60. The summed E-state index contributed by atoms with van der Waals surface area (Å²) in [4.78, 5) is 25.6. The number of nitrogens with zero attached hydrogens (tertiary/aromatic N) is 6. The smallest absolute Gasteiger partial charge is 0.162 e. The molecular weight excluding hydrogens is 300 g/mol. The number of hydrogen-bond donors (Lipinski definition) is 0. The minimum absolute atomic E-state index is 0.592. The van der Waals surface area contributed by atoms with E-state index in [2.05, 4.69) is 29.9 Å². The van der Waals surface area contributed by atoms with Crippen molar-refractivity contribution in [3.8, 4) is 33.9 Å². The number of aromatic nitrogens is 6. The van der Waals surface area contributed by atoms with Crippen molar-refractivity contribution in [2.24, 2.45) is 0 Å². The standard InChI is InChI=1S/C18H12N6/c1-5-19-6-2-13(1)15-9-21-18(22-10-15)16-11-23-17(24-12-16)14-3-7-20-8-4-14/h1-12H. The van der Waals surface area contributed by atoms with Gasteiger partial charge in [0.25, 0.3) is 0 Å². The van der Waals surface area contributed by atoms with Gasteiger partial charge < -0.3 is 0 Å². The average Bonchev–Trinajstić information content (AvgIpc) is 2.70. The molecule has 4 aromatic heterocycles. The second-order valence-electron chi connectivity index (χ2n) is 5.06. The monoisotopic (exact) mass is 312 g/mol. The molecule has 0 radical (unpaired) electrons. The van der Waals surface area contributed by atoms with Crippen molar-refractivity contribution in [3.05, 3.63) is 73.8 Å². The summed E-state index contributed by atoms with van der Waals surface area (Å²) in [5, 5.41) is 0. The molecule has 0 fully saturated rings. The van der Waals surface area contributed by atoms with Crippen molar-refractivity contribution in [3.63, 3.8) is 0 Å². The third-order valence-corrected chi connectivity index (χ3v) is 3.51. The van der Waals surface area contributed by atoms with Crippen LogP contribution in [0.2, 0.25) is 0 Å². The molecule has 0 atom stereocenters. The van der Waals surface area contributed by atoms with Gasteiger partial charge in [0.15, 0.2) is 11.6 Å². The van der Waals surface area contributed by atoms with Crippen LogP contribution >= 0.6 is 0 Å². The molecule has 0 saturated heterocycles. The molecule has 4 aromatic rings. The Kier molecular flexibility index (Phi) is 3.69. The van der Waals surface area contributed by atoms with Crippen molar-refractivity contribution in [1.29, 1.82) is 0 Å². The summed E-state index contributed by atoms with van der Waals surface area (Å²) in [6, 6.07) is 7.58. The Labute approximate surface area is 138 Å². The summed E-state index contributed by atoms with van der Waals surface area (Å²) < 4.78 is 0. The molecule has 0 amide bonds. The highest BCUT2D eigenvalue weighted by Gasteiger charge is 2.06. The Bertz CT molecular complexity index is 842. The van der Waals surface area contributed by atoms with E-state index in [1.807, 2.05) is 24.3 Å². The van der Waals surface area contributed by atoms with E-state index < -0.39 is 0 Å². The van der Waals surface area contributed by atoms with Crippen LogP contribution < -0.4 is 0 Å². The normalized spacial score (nSPS) is 10.5. The molecule has 0 aromatic carbocycles. The summed E-state index contributed by atoms with van der Waals surface area (Å²) in [6.45, 7) is 0. The molecule has 24 heavy (non-hydrogen) atoms. The van der Waals surface area contributed by atoms with Gasteiger partial charge in [-0.15, -0.1) is 0 Å². The van der Waals surface area contributed by atoms with Crippen LogP contribution in [-0.2, 0) is 0 Å². The van der Waals surface area contributed by atoms with E-state index in [4.69, 9.17) is 0 Å². The van der Waals surface area contributed by atoms with Gasteiger partial charge in [-0.25, -0.2) is 19.9 Å². The maximum Gasteiger partial charge on any atom is 0.162 e. The first-order chi connectivity index (χ1) is 11.9. The van der Waals surface area contributed by atoms with Gasteiger partial charge in [-0.2, -0.15) is 0 Å². The Morgan fingerprint density at radius 2 is 0.833 bits per heavy atom. The van der Waals surface area contributed by atoms with Crippen LogP contribution in [0, 0.1) is 0 Å². The molecule has 0 aliphatic rings. The first-order valence-corrected chi connectivity index (χ1v) is 7.35. The van der Waals surface area contributed by atoms with Gasteiger partial charge in [0.05, 0.1) is 5.56 Å². The van der Waals surface area contributed by atoms with Crippen LogP contribution in [0.25, 0.3) is 33.9 Å². The van der Waals surface area contributed by atoms with Crippen molar-refractivity contribution in [1.82, 2.24) is 29.9 Å². The van der Waals surface area contributed by atoms with E-state index in [1.54, 1.807) is 49.6 Å². The maximum atomic E-state index is 4.41. The predicted molar refractivity (Wildman–Crippen MR) is 89.5 cm³/mol. The topological polar surface area (TPSA) is 77.3 Å². The zero-order valence-electron chi connectivity index (χ0n) is 12.6. The minimum atomic E-state index is 0.592. The highest BCUT2D eigenvalue weighted by atomic mass is 14.9. The van der Waals surface area contributed by atoms with Crippen LogP contribution in [0.1, 0.15) is 0 Å². The van der Waals surface area contributed by atoms with E-state index in [0.29, 0.717) is 11.6 Å². The van der Waals surface area contributed by atoms with Gasteiger partial charge >= 0.3 is 0 Å². The van der Waals surface area contributed by atoms with E-state index in [0.717, 1.165) is 22.3 Å². The summed E-state index contributed by atoms with van der Waals surface area (Å²) in [6.07, 6.45) is 13.9. The molecule has 0 N–H and O–H groups in total. The molecule has 0 unspecified atom stereocenters. The second kappa shape index (κ2) is 6.29. The van der Waals surface area contributed by atoms with Gasteiger partial charge in [-0.1, -0.05) is 0 Å². The lowest BCUT2D eigenvalue weighted by Gasteiger charge is -2.04. The van der Waals surface area contributed by atoms with Gasteiger partial charge in [0.2, 0.25) is 0 Å². The van der Waals surface area contributed by atoms with Gasteiger partial charge in [0.1, 0.15) is 0 Å². The van der Waals surface area contributed by atoms with Crippen molar-refractivity contribution >= 4 is 0 Å². The zero-order chi connectivity index (χ0) is 16.2. The van der Waals surface area contributed by atoms with Crippen molar-refractivity contribution < 1.29 is 0 Å². The van der Waals surface area contributed by atoms with E-state index >= 15 is 0 Å². The molecular formula is C18H12N6. The molecule has 114 valence electrons. The third-order valence-electron chi connectivity index (χ3n) is 3.51. The van der Waals surface area contributed by atoms with E-state index in [-0.39, 0.29) is 0 Å². The van der Waals surface area contributed by atoms with Crippen LogP contribution in [0.3, 0.4) is 0 Å². The molecule has 4 heterocycles. The molecule has 6 nitrogen and oxygen atoms in total. The number of pyridine rings is 2. The highest BCUT2D eigenvalue weighted by molar-refractivity contribution is 5.63. The van der Waals surface area contributed by atoms with E-state index in [9.17, 15) is 0 Å². The van der Waals surface area contributed by atoms with Crippen LogP contribution in [-0.4, -0.2) is 29.9 Å². The third kappa shape index (κ3) is 2.85. The molecule has 0 saturated carbocycles. The maximum absolute atomic E-state index is 4.41. The molecule has 6 heteroatoms. The average molecular weight is 312 g/mol. The summed E-state index contributed by atoms with van der Waals surface area (Å²) in [5.74, 6) is 1.24. The van der Waals surface area contributed by atoms with Crippen LogP contribution in [0.4, 0.5) is 0 Å². The summed E-state index contributed by atoms with van der Waals surface area (Å²) in [7, 11) is 0. The first kappa shape index (κ1) is 14.1. The van der Waals surface area contributed by atoms with Crippen molar-refractivity contribution in [2.45, 2.75) is 0 Å². The zero-order valence-corrected chi connectivity index (χ0v) is 12.6. The van der Waals surface area contributed by atoms with Gasteiger partial charge in [-0.05, 0) is 29.8 Å². The Hall–Kier alpha value is -3.54. The largest absolute Gasteiger partial charge is 0.265 e. The highest BCUT2D eigenvalue weighted by Crippen LogP contribution is 2.20. The van der Waals surface area contributed by atoms with Crippen LogP contribution in [0.15, 0.2) is 73.8 Å². The molecule has 0 aliphatic carbocycles.